The number of ether oxygens (including phenoxy) is 1. The predicted molar refractivity (Wildman–Crippen MR) is 147 cm³/mol. The van der Waals surface area contributed by atoms with Crippen molar-refractivity contribution >= 4 is 17.4 Å². The normalized spacial score (nSPS) is 22.4. The van der Waals surface area contributed by atoms with Gasteiger partial charge in [0.05, 0.1) is 36.9 Å². The maximum absolute atomic E-state index is 9.68. The minimum absolute atomic E-state index is 0.110. The van der Waals surface area contributed by atoms with Gasteiger partial charge in [0.25, 0.3) is 0 Å². The molecule has 2 N–H and O–H groups in total. The number of morpholine rings is 1. The zero-order valence-corrected chi connectivity index (χ0v) is 21.8. The van der Waals surface area contributed by atoms with Gasteiger partial charge in [0.1, 0.15) is 18.2 Å². The molecule has 39 heavy (non-hydrogen) atoms. The number of hydrogen-bond donors (Lipinski definition) is 2. The van der Waals surface area contributed by atoms with Gasteiger partial charge in [0.15, 0.2) is 0 Å². The third-order valence-electron chi connectivity index (χ3n) is 6.96. The maximum atomic E-state index is 9.68. The van der Waals surface area contributed by atoms with E-state index >= 15 is 0 Å². The molecule has 2 atom stereocenters. The number of pyridine rings is 1. The smallest absolute Gasteiger partial charge is 0.224 e. The van der Waals surface area contributed by atoms with Crippen LogP contribution >= 0.6 is 0 Å². The van der Waals surface area contributed by atoms with Crippen LogP contribution in [-0.2, 0) is 4.74 Å². The molecule has 10 heteroatoms. The third kappa shape index (κ3) is 5.62. The van der Waals surface area contributed by atoms with Gasteiger partial charge in [-0.3, -0.25) is 15.4 Å². The Labute approximate surface area is 227 Å². The average molecular weight is 520 g/mol. The van der Waals surface area contributed by atoms with E-state index in [0.717, 1.165) is 52.8 Å². The molecular formula is C29H29N9O. The lowest BCUT2D eigenvalue weighted by Crippen LogP contribution is -2.36. The number of aryl methyl sites for hydroxylation is 1. The second-order valence-corrected chi connectivity index (χ2v) is 9.73. The Morgan fingerprint density at radius 2 is 2.08 bits per heavy atom. The number of hydrazine groups is 1. The highest BCUT2D eigenvalue weighted by atomic mass is 16.5. The first kappa shape index (κ1) is 24.7. The van der Waals surface area contributed by atoms with Crippen LogP contribution in [0.25, 0.3) is 5.57 Å². The fourth-order valence-electron chi connectivity index (χ4n) is 4.94. The van der Waals surface area contributed by atoms with Gasteiger partial charge in [-0.15, -0.1) is 0 Å². The molecule has 0 saturated carbocycles. The number of allylic oxidation sites excluding steroid dienone is 5. The summed E-state index contributed by atoms with van der Waals surface area (Å²) in [5.74, 6) is 7.67. The number of nitriles is 1. The first-order chi connectivity index (χ1) is 19.1. The molecule has 2 aliphatic heterocycles. The van der Waals surface area contributed by atoms with Crippen molar-refractivity contribution in [2.45, 2.75) is 25.8 Å². The lowest BCUT2D eigenvalue weighted by atomic mass is 9.92. The molecule has 0 bridgehead atoms. The quantitative estimate of drug-likeness (QED) is 0.556. The predicted octanol–water partition coefficient (Wildman–Crippen LogP) is 2.62. The number of aliphatic imine (C=N–C) groups is 1. The number of amidine groups is 1. The zero-order valence-electron chi connectivity index (χ0n) is 21.8. The van der Waals surface area contributed by atoms with Crippen molar-refractivity contribution < 1.29 is 4.74 Å². The summed E-state index contributed by atoms with van der Waals surface area (Å²) < 4.78 is 5.50. The lowest BCUT2D eigenvalue weighted by Gasteiger charge is -2.33. The standard InChI is InChI=1S/C29H29N9O/c1-20-14-22(6-8-31-20)28-33-19-38(36-28)25-4-2-24(3-5-25)34-29-32-9-7-27(35-29)23-15-21(18-30)16-26(17-23)37-10-12-39-13-11-37/h4,6-9,14-15,17,21,24H,2,10-13,16,19H2,1H3,(H,33,36)(H,32,34,35). The first-order valence-electron chi connectivity index (χ1n) is 13.1. The second-order valence-electron chi connectivity index (χ2n) is 9.73. The number of anilines is 1. The topological polar surface area (TPSA) is 115 Å². The van der Waals surface area contributed by atoms with Crippen molar-refractivity contribution in [3.05, 3.63) is 77.2 Å². The highest BCUT2D eigenvalue weighted by molar-refractivity contribution is 5.99. The number of aromatic nitrogens is 3. The SMILES string of the molecule is Cc1cc(C2=NCN(C3=CCC(Nc4nccc(C5=CC(C#N)CC(N6CCOCC6)=C5)n4)C#C3)N2)ccn1. The summed E-state index contributed by atoms with van der Waals surface area (Å²) >= 11 is 0. The fraction of sp³-hybridized carbons (Fsp3) is 0.345. The molecule has 0 aromatic carbocycles. The van der Waals surface area contributed by atoms with Crippen molar-refractivity contribution in [2.24, 2.45) is 10.9 Å². The molecule has 2 unspecified atom stereocenters. The molecule has 2 aliphatic carbocycles. The second kappa shape index (κ2) is 11.0. The molecule has 196 valence electrons. The Hall–Kier alpha value is -4.67. The van der Waals surface area contributed by atoms with Gasteiger partial charge in [-0.25, -0.2) is 15.0 Å². The van der Waals surface area contributed by atoms with Crippen molar-refractivity contribution in [1.29, 1.82) is 5.26 Å². The van der Waals surface area contributed by atoms with E-state index in [1.54, 1.807) is 12.4 Å². The van der Waals surface area contributed by atoms with Gasteiger partial charge in [-0.1, -0.05) is 12.0 Å². The summed E-state index contributed by atoms with van der Waals surface area (Å²) in [5.41, 5.74) is 9.08. The van der Waals surface area contributed by atoms with Crippen LogP contribution in [0.4, 0.5) is 5.95 Å². The lowest BCUT2D eigenvalue weighted by molar-refractivity contribution is 0.0516. The first-order valence-corrected chi connectivity index (χ1v) is 13.1. The molecule has 2 aromatic rings. The van der Waals surface area contributed by atoms with Crippen LogP contribution in [0.1, 0.15) is 29.8 Å². The van der Waals surface area contributed by atoms with Gasteiger partial charge in [0.2, 0.25) is 5.95 Å². The van der Waals surface area contributed by atoms with Crippen molar-refractivity contribution in [1.82, 2.24) is 30.3 Å². The van der Waals surface area contributed by atoms with E-state index in [9.17, 15) is 5.26 Å². The van der Waals surface area contributed by atoms with Crippen molar-refractivity contribution in [3.8, 4) is 17.9 Å². The third-order valence-corrected chi connectivity index (χ3v) is 6.96. The van der Waals surface area contributed by atoms with Crippen LogP contribution in [0.3, 0.4) is 0 Å². The van der Waals surface area contributed by atoms with Gasteiger partial charge < -0.3 is 15.0 Å². The minimum atomic E-state index is -0.187. The summed E-state index contributed by atoms with van der Waals surface area (Å²) in [6.45, 7) is 5.56. The summed E-state index contributed by atoms with van der Waals surface area (Å²) in [7, 11) is 0. The largest absolute Gasteiger partial charge is 0.378 e. The molecule has 0 amide bonds. The molecule has 1 fully saturated rings. The van der Waals surface area contributed by atoms with E-state index in [4.69, 9.17) is 9.72 Å². The molecule has 1 saturated heterocycles. The molecule has 0 spiro atoms. The molecule has 0 radical (unpaired) electrons. The molecule has 4 heterocycles. The van der Waals surface area contributed by atoms with E-state index in [-0.39, 0.29) is 12.0 Å². The van der Waals surface area contributed by atoms with Crippen LogP contribution in [0, 0.1) is 36.0 Å². The summed E-state index contributed by atoms with van der Waals surface area (Å²) in [5, 5.41) is 15.0. The summed E-state index contributed by atoms with van der Waals surface area (Å²) in [6.07, 6.45) is 11.2. The van der Waals surface area contributed by atoms with Gasteiger partial charge in [-0.2, -0.15) is 5.26 Å². The number of rotatable bonds is 6. The van der Waals surface area contributed by atoms with E-state index in [1.807, 2.05) is 36.2 Å². The van der Waals surface area contributed by atoms with Crippen molar-refractivity contribution in [2.75, 3.05) is 38.3 Å². The highest BCUT2D eigenvalue weighted by Gasteiger charge is 2.23. The molecule has 4 aliphatic rings. The highest BCUT2D eigenvalue weighted by Crippen LogP contribution is 2.30. The Morgan fingerprint density at radius 1 is 1.21 bits per heavy atom. The Balaban J connectivity index is 1.11. The number of hydrogen-bond acceptors (Lipinski definition) is 10. The van der Waals surface area contributed by atoms with E-state index in [0.29, 0.717) is 38.7 Å². The Morgan fingerprint density at radius 3 is 2.87 bits per heavy atom. The van der Waals surface area contributed by atoms with E-state index in [1.165, 1.54) is 0 Å². The van der Waals surface area contributed by atoms with Crippen LogP contribution in [-0.4, -0.2) is 69.7 Å². The van der Waals surface area contributed by atoms with Crippen LogP contribution in [0.2, 0.25) is 0 Å². The van der Waals surface area contributed by atoms with Crippen LogP contribution in [0.5, 0.6) is 0 Å². The molecule has 6 rings (SSSR count). The number of nitrogens with one attached hydrogen (secondary N) is 2. The zero-order chi connectivity index (χ0) is 26.6. The Kier molecular flexibility index (Phi) is 6.94. The van der Waals surface area contributed by atoms with Crippen LogP contribution < -0.4 is 10.7 Å². The minimum Gasteiger partial charge on any atom is -0.378 e. The van der Waals surface area contributed by atoms with E-state index < -0.39 is 0 Å². The average Bonchev–Trinajstić information content (AvgIpc) is 3.48. The van der Waals surface area contributed by atoms with Gasteiger partial charge in [-0.05, 0) is 55.2 Å². The molecular weight excluding hydrogens is 490 g/mol. The van der Waals surface area contributed by atoms with Crippen molar-refractivity contribution in [3.63, 3.8) is 0 Å². The van der Waals surface area contributed by atoms with Gasteiger partial charge in [0, 0.05) is 48.9 Å². The monoisotopic (exact) mass is 519 g/mol. The Bertz CT molecular complexity index is 1480. The maximum Gasteiger partial charge on any atom is 0.224 e. The van der Waals surface area contributed by atoms with Gasteiger partial charge >= 0.3 is 0 Å². The fourth-order valence-corrected chi connectivity index (χ4v) is 4.94. The molecule has 2 aromatic heterocycles. The van der Waals surface area contributed by atoms with Crippen LogP contribution in [0.15, 0.2) is 65.2 Å². The summed E-state index contributed by atoms with van der Waals surface area (Å²) in [4.78, 5) is 20.4. The molecule has 10 nitrogen and oxygen atoms in total. The summed E-state index contributed by atoms with van der Waals surface area (Å²) in [6, 6.07) is 8.14. The number of nitrogens with zero attached hydrogens (tertiary/aromatic N) is 7. The van der Waals surface area contributed by atoms with E-state index in [2.05, 4.69) is 60.7 Å².